The lowest BCUT2D eigenvalue weighted by molar-refractivity contribution is -0.120. The van der Waals surface area contributed by atoms with Gasteiger partial charge in [-0.05, 0) is 30.2 Å². The van der Waals surface area contributed by atoms with Gasteiger partial charge >= 0.3 is 0 Å². The molecule has 2 N–H and O–H groups in total. The van der Waals surface area contributed by atoms with Crippen LogP contribution in [0.1, 0.15) is 10.4 Å². The highest BCUT2D eigenvalue weighted by atomic mass is 32.1. The summed E-state index contributed by atoms with van der Waals surface area (Å²) >= 11 is 1.54. The van der Waals surface area contributed by atoms with Crippen LogP contribution in [0.3, 0.4) is 0 Å². The van der Waals surface area contributed by atoms with Crippen LogP contribution in [-0.2, 0) is 17.6 Å². The lowest BCUT2D eigenvalue weighted by Crippen LogP contribution is -2.26. The second-order valence-electron chi connectivity index (χ2n) is 5.84. The molecule has 25 heavy (non-hydrogen) atoms. The number of carbonyl (C=O) groups excluding carboxylic acids is 1. The molecule has 5 nitrogen and oxygen atoms in total. The van der Waals surface area contributed by atoms with Gasteiger partial charge in [-0.25, -0.2) is 4.98 Å². The fraction of sp³-hybridized carbons (Fsp3) is 0.158. The molecule has 0 spiro atoms. The topological polar surface area (TPSA) is 62.7 Å². The van der Waals surface area contributed by atoms with Gasteiger partial charge < -0.3 is 14.9 Å². The van der Waals surface area contributed by atoms with Crippen molar-refractivity contribution < 1.29 is 4.79 Å². The van der Waals surface area contributed by atoms with Crippen LogP contribution in [0.4, 0.5) is 0 Å². The van der Waals surface area contributed by atoms with E-state index in [1.54, 1.807) is 6.20 Å². The van der Waals surface area contributed by atoms with Crippen LogP contribution in [0, 0.1) is 0 Å². The fourth-order valence-electron chi connectivity index (χ4n) is 2.86. The third-order valence-corrected chi connectivity index (χ3v) is 5.10. The maximum Gasteiger partial charge on any atom is 0.225 e. The maximum atomic E-state index is 12.2. The van der Waals surface area contributed by atoms with Crippen LogP contribution < -0.4 is 5.32 Å². The zero-order valence-corrected chi connectivity index (χ0v) is 14.4. The normalized spacial score (nSPS) is 11.0. The molecule has 0 radical (unpaired) electrons. The van der Waals surface area contributed by atoms with Gasteiger partial charge in [0.15, 0.2) is 5.13 Å². The molecule has 4 rings (SSSR count). The summed E-state index contributed by atoms with van der Waals surface area (Å²) in [6.45, 7) is 0.629. The molecule has 126 valence electrons. The highest BCUT2D eigenvalue weighted by molar-refractivity contribution is 7.14. The number of hydrogen-bond acceptors (Lipinski definition) is 3. The molecule has 0 aliphatic carbocycles. The lowest BCUT2D eigenvalue weighted by atomic mass is 10.1. The molecule has 0 aliphatic rings. The monoisotopic (exact) mass is 350 g/mol. The molecule has 0 fully saturated rings. The van der Waals surface area contributed by atoms with Crippen LogP contribution >= 0.6 is 11.3 Å². The van der Waals surface area contributed by atoms with Crippen molar-refractivity contribution in [1.82, 2.24) is 19.9 Å². The number of aromatic nitrogens is 3. The van der Waals surface area contributed by atoms with E-state index in [-0.39, 0.29) is 5.91 Å². The summed E-state index contributed by atoms with van der Waals surface area (Å²) in [4.78, 5) is 20.7. The molecule has 0 saturated carbocycles. The van der Waals surface area contributed by atoms with Gasteiger partial charge in [0.25, 0.3) is 0 Å². The fourth-order valence-corrected chi connectivity index (χ4v) is 3.73. The van der Waals surface area contributed by atoms with E-state index in [0.29, 0.717) is 13.0 Å². The van der Waals surface area contributed by atoms with Gasteiger partial charge in [-0.1, -0.05) is 18.2 Å². The van der Waals surface area contributed by atoms with Crippen molar-refractivity contribution in [3.63, 3.8) is 0 Å². The number of nitrogens with zero attached hydrogens (tertiary/aromatic N) is 2. The van der Waals surface area contributed by atoms with Gasteiger partial charge in [0.05, 0.1) is 6.42 Å². The second-order valence-corrected chi connectivity index (χ2v) is 6.93. The third-order valence-electron chi connectivity index (χ3n) is 4.09. The van der Waals surface area contributed by atoms with E-state index >= 15 is 0 Å². The van der Waals surface area contributed by atoms with Crippen LogP contribution in [0.25, 0.3) is 16.0 Å². The predicted molar refractivity (Wildman–Crippen MR) is 100 cm³/mol. The Morgan fingerprint density at radius 2 is 2.04 bits per heavy atom. The minimum atomic E-state index is 0.0301. The number of amides is 1. The first-order valence-electron chi connectivity index (χ1n) is 8.19. The summed E-state index contributed by atoms with van der Waals surface area (Å²) in [5.41, 5.74) is 2.36. The van der Waals surface area contributed by atoms with Crippen molar-refractivity contribution in [2.24, 2.45) is 0 Å². The molecule has 0 aliphatic heterocycles. The lowest BCUT2D eigenvalue weighted by Gasteiger charge is -2.03. The molecule has 3 heterocycles. The Morgan fingerprint density at radius 1 is 1.20 bits per heavy atom. The van der Waals surface area contributed by atoms with Crippen molar-refractivity contribution in [2.75, 3.05) is 6.54 Å². The van der Waals surface area contributed by atoms with Gasteiger partial charge in [-0.3, -0.25) is 4.79 Å². The van der Waals surface area contributed by atoms with Crippen molar-refractivity contribution in [3.05, 3.63) is 71.6 Å². The summed E-state index contributed by atoms with van der Waals surface area (Å²) < 4.78 is 1.95. The summed E-state index contributed by atoms with van der Waals surface area (Å²) in [6, 6.07) is 12.1. The quantitative estimate of drug-likeness (QED) is 0.560. The standard InChI is InChI=1S/C19H18N4OS/c24-18(11-15-13-22-19(25-15)23-9-3-4-10-23)20-8-7-14-12-21-17-6-2-1-5-16(14)17/h1-6,9-10,12-13,21H,7-8,11H2,(H,20,24). The average Bonchev–Trinajstić information content (AvgIpc) is 3.35. The Bertz CT molecular complexity index is 984. The van der Waals surface area contributed by atoms with E-state index in [1.807, 2.05) is 47.4 Å². The third kappa shape index (κ3) is 3.49. The van der Waals surface area contributed by atoms with Crippen LogP contribution in [0.2, 0.25) is 0 Å². The van der Waals surface area contributed by atoms with Crippen molar-refractivity contribution in [2.45, 2.75) is 12.8 Å². The molecule has 6 heteroatoms. The molecular weight excluding hydrogens is 332 g/mol. The van der Waals surface area contributed by atoms with Crippen LogP contribution in [0.5, 0.6) is 0 Å². The second kappa shape index (κ2) is 6.94. The summed E-state index contributed by atoms with van der Waals surface area (Å²) in [5.74, 6) is 0.0301. The van der Waals surface area contributed by atoms with E-state index in [0.717, 1.165) is 21.9 Å². The highest BCUT2D eigenvalue weighted by Crippen LogP contribution is 2.19. The zero-order valence-electron chi connectivity index (χ0n) is 13.6. The number of hydrogen-bond donors (Lipinski definition) is 2. The van der Waals surface area contributed by atoms with E-state index in [2.05, 4.69) is 27.4 Å². The van der Waals surface area contributed by atoms with Gasteiger partial charge in [-0.2, -0.15) is 0 Å². The smallest absolute Gasteiger partial charge is 0.225 e. The summed E-state index contributed by atoms with van der Waals surface area (Å²) in [6.07, 6.45) is 8.87. The molecule has 3 aromatic heterocycles. The first-order valence-corrected chi connectivity index (χ1v) is 9.01. The molecule has 0 atom stereocenters. The number of thiazole rings is 1. The Morgan fingerprint density at radius 3 is 2.92 bits per heavy atom. The average molecular weight is 350 g/mol. The van der Waals surface area contributed by atoms with Gasteiger partial charge in [0.1, 0.15) is 0 Å². The van der Waals surface area contributed by atoms with Gasteiger partial charge in [0.2, 0.25) is 5.91 Å². The zero-order chi connectivity index (χ0) is 17.1. The van der Waals surface area contributed by atoms with E-state index in [4.69, 9.17) is 0 Å². The molecule has 1 amide bonds. The maximum absolute atomic E-state index is 12.2. The predicted octanol–water partition coefficient (Wildman–Crippen LogP) is 3.32. The molecule has 0 unspecified atom stereocenters. The number of rotatable bonds is 6. The number of benzene rings is 1. The van der Waals surface area contributed by atoms with Crippen LogP contribution in [0.15, 0.2) is 61.2 Å². The SMILES string of the molecule is O=C(Cc1cnc(-n2cccc2)s1)NCCc1c[nH]c2ccccc12. The number of H-pyrrole nitrogens is 1. The Hall–Kier alpha value is -2.86. The minimum Gasteiger partial charge on any atom is -0.361 e. The van der Waals surface area contributed by atoms with Crippen molar-refractivity contribution in [3.8, 4) is 5.13 Å². The number of para-hydroxylation sites is 1. The number of aromatic amines is 1. The molecule has 0 bridgehead atoms. The minimum absolute atomic E-state index is 0.0301. The van der Waals surface area contributed by atoms with Crippen molar-refractivity contribution >= 4 is 28.1 Å². The molecule has 1 aromatic carbocycles. The number of fused-ring (bicyclic) bond motifs is 1. The summed E-state index contributed by atoms with van der Waals surface area (Å²) in [7, 11) is 0. The number of carbonyl (C=O) groups is 1. The largest absolute Gasteiger partial charge is 0.361 e. The summed E-state index contributed by atoms with van der Waals surface area (Å²) in [5, 5.41) is 5.10. The van der Waals surface area contributed by atoms with E-state index in [1.165, 1.54) is 22.3 Å². The molecule has 0 saturated heterocycles. The van der Waals surface area contributed by atoms with Gasteiger partial charge in [-0.15, -0.1) is 11.3 Å². The Kier molecular flexibility index (Phi) is 4.35. The Labute approximate surface area is 149 Å². The first kappa shape index (κ1) is 15.7. The van der Waals surface area contributed by atoms with Crippen molar-refractivity contribution in [1.29, 1.82) is 0 Å². The number of nitrogens with one attached hydrogen (secondary N) is 2. The van der Waals surface area contributed by atoms with Gasteiger partial charge in [0, 0.05) is 47.1 Å². The van der Waals surface area contributed by atoms with E-state index in [9.17, 15) is 4.79 Å². The Balaban J connectivity index is 1.31. The van der Waals surface area contributed by atoms with E-state index < -0.39 is 0 Å². The van der Waals surface area contributed by atoms with Crippen LogP contribution in [-0.4, -0.2) is 27.0 Å². The first-order chi connectivity index (χ1) is 12.3. The molecular formula is C19H18N4OS. The molecule has 4 aromatic rings. The highest BCUT2D eigenvalue weighted by Gasteiger charge is 2.09.